The first-order chi connectivity index (χ1) is 7.50. The molecule has 0 saturated heterocycles. The van der Waals surface area contributed by atoms with Gasteiger partial charge in [-0.2, -0.15) is 0 Å². The lowest BCUT2D eigenvalue weighted by Crippen LogP contribution is -2.25. The quantitative estimate of drug-likeness (QED) is 0.829. The standard InChI is InChI=1S/C9H7ClN2O3S/c1-11-8(14)12(16-9(11)15)7-4-5(13)2-3-6(7)10/h2-4,13H,1H3. The number of phenols is 1. The number of hydrogen-bond donors (Lipinski definition) is 1. The van der Waals surface area contributed by atoms with E-state index in [9.17, 15) is 14.7 Å². The Morgan fingerprint density at radius 1 is 1.38 bits per heavy atom. The van der Waals surface area contributed by atoms with Crippen molar-refractivity contribution in [2.45, 2.75) is 0 Å². The number of aromatic hydroxyl groups is 1. The number of benzene rings is 1. The van der Waals surface area contributed by atoms with Gasteiger partial charge in [-0.25, -0.2) is 8.75 Å². The van der Waals surface area contributed by atoms with Gasteiger partial charge in [0, 0.05) is 24.6 Å². The van der Waals surface area contributed by atoms with Crippen molar-refractivity contribution in [3.05, 3.63) is 43.4 Å². The van der Waals surface area contributed by atoms with E-state index in [0.29, 0.717) is 10.7 Å². The molecule has 0 aliphatic rings. The molecule has 7 heteroatoms. The molecule has 0 radical (unpaired) electrons. The predicted octanol–water partition coefficient (Wildman–Crippen LogP) is 0.957. The van der Waals surface area contributed by atoms with Gasteiger partial charge in [0.15, 0.2) is 0 Å². The van der Waals surface area contributed by atoms with Crippen molar-refractivity contribution in [2.75, 3.05) is 0 Å². The summed E-state index contributed by atoms with van der Waals surface area (Å²) in [5.41, 5.74) is -0.183. The van der Waals surface area contributed by atoms with E-state index in [0.717, 1.165) is 20.1 Å². The van der Waals surface area contributed by atoms with Crippen LogP contribution in [0, 0.1) is 0 Å². The van der Waals surface area contributed by atoms with Crippen LogP contribution in [0.2, 0.25) is 5.02 Å². The van der Waals surface area contributed by atoms with Crippen molar-refractivity contribution >= 4 is 23.1 Å². The molecule has 1 aromatic carbocycles. The van der Waals surface area contributed by atoms with Gasteiger partial charge < -0.3 is 5.11 Å². The summed E-state index contributed by atoms with van der Waals surface area (Å²) in [7, 11) is 1.38. The number of phenolic OH excluding ortho intramolecular Hbond substituents is 1. The number of aromatic nitrogens is 2. The molecule has 0 atom stereocenters. The van der Waals surface area contributed by atoms with Crippen molar-refractivity contribution in [1.82, 2.24) is 8.52 Å². The number of nitrogens with zero attached hydrogens (tertiary/aromatic N) is 2. The summed E-state index contributed by atoms with van der Waals surface area (Å²) >= 11 is 6.62. The van der Waals surface area contributed by atoms with E-state index in [2.05, 4.69) is 0 Å². The lowest BCUT2D eigenvalue weighted by molar-refractivity contribution is 0.475. The van der Waals surface area contributed by atoms with Gasteiger partial charge in [0.05, 0.1) is 10.7 Å². The highest BCUT2D eigenvalue weighted by Crippen LogP contribution is 2.24. The zero-order valence-corrected chi connectivity index (χ0v) is 9.75. The Morgan fingerprint density at radius 3 is 2.62 bits per heavy atom. The normalized spacial score (nSPS) is 10.6. The number of rotatable bonds is 1. The maximum Gasteiger partial charge on any atom is 0.345 e. The second-order valence-electron chi connectivity index (χ2n) is 3.13. The van der Waals surface area contributed by atoms with Crippen LogP contribution in [0.4, 0.5) is 0 Å². The Kier molecular flexibility index (Phi) is 2.61. The Balaban J connectivity index is 2.77. The van der Waals surface area contributed by atoms with Crippen molar-refractivity contribution in [2.24, 2.45) is 7.05 Å². The van der Waals surface area contributed by atoms with Gasteiger partial charge in [-0.05, 0) is 12.1 Å². The van der Waals surface area contributed by atoms with Crippen molar-refractivity contribution in [3.63, 3.8) is 0 Å². The van der Waals surface area contributed by atoms with Crippen LogP contribution in [0.3, 0.4) is 0 Å². The zero-order chi connectivity index (χ0) is 11.9. The molecule has 0 bridgehead atoms. The molecule has 0 aliphatic heterocycles. The summed E-state index contributed by atoms with van der Waals surface area (Å²) in [4.78, 5) is 22.6. The summed E-state index contributed by atoms with van der Waals surface area (Å²) in [6, 6.07) is 4.20. The molecular weight excluding hydrogens is 252 g/mol. The number of hydrogen-bond acceptors (Lipinski definition) is 4. The molecule has 0 spiro atoms. The van der Waals surface area contributed by atoms with Crippen LogP contribution in [0.25, 0.3) is 5.69 Å². The molecule has 1 heterocycles. The van der Waals surface area contributed by atoms with E-state index in [-0.39, 0.29) is 10.6 Å². The molecule has 0 unspecified atom stereocenters. The van der Waals surface area contributed by atoms with Gasteiger partial charge in [0.2, 0.25) is 0 Å². The third-order valence-electron chi connectivity index (χ3n) is 2.05. The molecule has 1 aromatic heterocycles. The maximum absolute atomic E-state index is 11.6. The van der Waals surface area contributed by atoms with Crippen LogP contribution in [0.5, 0.6) is 5.75 Å². The molecule has 0 amide bonds. The van der Waals surface area contributed by atoms with Gasteiger partial charge in [0.25, 0.3) is 0 Å². The smallest absolute Gasteiger partial charge is 0.345 e. The first-order valence-electron chi connectivity index (χ1n) is 4.29. The molecule has 2 aromatic rings. The highest BCUT2D eigenvalue weighted by atomic mass is 35.5. The number of halogens is 1. The van der Waals surface area contributed by atoms with E-state index in [1.807, 2.05) is 0 Å². The average molecular weight is 259 g/mol. The van der Waals surface area contributed by atoms with Crippen molar-refractivity contribution in [1.29, 1.82) is 0 Å². The van der Waals surface area contributed by atoms with E-state index < -0.39 is 5.69 Å². The Hall–Kier alpha value is -1.53. The van der Waals surface area contributed by atoms with E-state index in [1.54, 1.807) is 0 Å². The average Bonchev–Trinajstić information content (AvgIpc) is 2.50. The van der Waals surface area contributed by atoms with Crippen LogP contribution in [-0.2, 0) is 7.05 Å². The van der Waals surface area contributed by atoms with Gasteiger partial charge in [-0.3, -0.25) is 9.36 Å². The summed E-state index contributed by atoms with van der Waals surface area (Å²) < 4.78 is 2.12. The molecule has 0 saturated carbocycles. The predicted molar refractivity (Wildman–Crippen MR) is 61.8 cm³/mol. The van der Waals surface area contributed by atoms with Crippen LogP contribution >= 0.6 is 23.1 Å². The molecule has 0 aliphatic carbocycles. The largest absolute Gasteiger partial charge is 0.508 e. The SMILES string of the molecule is Cn1c(=O)sn(-c2cc(O)ccc2Cl)c1=O. The van der Waals surface area contributed by atoms with E-state index in [1.165, 1.54) is 25.2 Å². The van der Waals surface area contributed by atoms with Gasteiger partial charge in [0.1, 0.15) is 5.75 Å². The first kappa shape index (κ1) is 11.0. The summed E-state index contributed by atoms with van der Waals surface area (Å²) in [5, 5.41) is 9.60. The van der Waals surface area contributed by atoms with Crippen molar-refractivity contribution in [3.8, 4) is 11.4 Å². The summed E-state index contributed by atoms with van der Waals surface area (Å²) in [5.74, 6) is -0.0187. The first-order valence-corrected chi connectivity index (χ1v) is 5.44. The minimum Gasteiger partial charge on any atom is -0.508 e. The third-order valence-corrected chi connectivity index (χ3v) is 3.34. The molecule has 0 fully saturated rings. The lowest BCUT2D eigenvalue weighted by atomic mass is 10.3. The molecule has 16 heavy (non-hydrogen) atoms. The third kappa shape index (κ3) is 1.66. The van der Waals surface area contributed by atoms with E-state index >= 15 is 0 Å². The van der Waals surface area contributed by atoms with Gasteiger partial charge >= 0.3 is 10.6 Å². The molecule has 5 nitrogen and oxygen atoms in total. The van der Waals surface area contributed by atoms with Gasteiger partial charge in [-0.15, -0.1) is 0 Å². The molecule has 2 rings (SSSR count). The monoisotopic (exact) mass is 258 g/mol. The Labute approximate surface area is 98.9 Å². The maximum atomic E-state index is 11.6. The van der Waals surface area contributed by atoms with Crippen LogP contribution in [0.1, 0.15) is 0 Å². The minimum absolute atomic E-state index is 0.0187. The second kappa shape index (κ2) is 3.80. The fourth-order valence-corrected chi connectivity index (χ4v) is 2.26. The van der Waals surface area contributed by atoms with Crippen LogP contribution in [-0.4, -0.2) is 13.6 Å². The molecule has 84 valence electrons. The van der Waals surface area contributed by atoms with Crippen LogP contribution in [0.15, 0.2) is 27.8 Å². The van der Waals surface area contributed by atoms with Crippen molar-refractivity contribution < 1.29 is 5.11 Å². The summed E-state index contributed by atoms with van der Waals surface area (Å²) in [6.45, 7) is 0. The highest BCUT2D eigenvalue weighted by molar-refractivity contribution is 7.03. The van der Waals surface area contributed by atoms with E-state index in [4.69, 9.17) is 11.6 Å². The highest BCUT2D eigenvalue weighted by Gasteiger charge is 2.11. The Morgan fingerprint density at radius 2 is 2.06 bits per heavy atom. The molecule has 1 N–H and O–H groups in total. The fourth-order valence-electron chi connectivity index (χ4n) is 1.20. The summed E-state index contributed by atoms with van der Waals surface area (Å²) in [6.07, 6.45) is 0. The lowest BCUT2D eigenvalue weighted by Gasteiger charge is -2.02. The topological polar surface area (TPSA) is 64.2 Å². The Bertz CT molecular complexity index is 656. The fraction of sp³-hybridized carbons (Fsp3) is 0.111. The van der Waals surface area contributed by atoms with Gasteiger partial charge in [-0.1, -0.05) is 11.6 Å². The second-order valence-corrected chi connectivity index (χ2v) is 4.43. The minimum atomic E-state index is -0.484. The zero-order valence-electron chi connectivity index (χ0n) is 8.18. The van der Waals surface area contributed by atoms with Crippen LogP contribution < -0.4 is 10.6 Å². The molecular formula is C9H7ClN2O3S.